The van der Waals surface area contributed by atoms with Gasteiger partial charge in [0.1, 0.15) is 0 Å². The lowest BCUT2D eigenvalue weighted by molar-refractivity contribution is 0.373. The molecule has 0 amide bonds. The predicted molar refractivity (Wildman–Crippen MR) is 59.3 cm³/mol. The summed E-state index contributed by atoms with van der Waals surface area (Å²) in [5, 5.41) is 12.3. The van der Waals surface area contributed by atoms with Crippen molar-refractivity contribution in [3.63, 3.8) is 0 Å². The minimum absolute atomic E-state index is 0.0500. The van der Waals surface area contributed by atoms with Crippen molar-refractivity contribution in [2.45, 2.75) is 39.3 Å². The van der Waals surface area contributed by atoms with Crippen LogP contribution < -0.4 is 5.32 Å². The van der Waals surface area contributed by atoms with Crippen LogP contribution in [-0.2, 0) is 6.54 Å². The van der Waals surface area contributed by atoms with Crippen molar-refractivity contribution in [1.29, 1.82) is 0 Å². The summed E-state index contributed by atoms with van der Waals surface area (Å²) < 4.78 is 13.0. The number of nitrogens with one attached hydrogen (secondary N) is 1. The Morgan fingerprint density at radius 1 is 1.40 bits per heavy atom. The molecule has 3 heteroatoms. The molecule has 0 saturated carbocycles. The van der Waals surface area contributed by atoms with E-state index in [0.717, 1.165) is 12.0 Å². The molecule has 0 aliphatic carbocycles. The summed E-state index contributed by atoms with van der Waals surface area (Å²) in [6.45, 7) is 6.91. The van der Waals surface area contributed by atoms with Crippen molar-refractivity contribution < 1.29 is 9.50 Å². The van der Waals surface area contributed by atoms with Crippen molar-refractivity contribution in [2.75, 3.05) is 0 Å². The Balaban J connectivity index is 2.62. The van der Waals surface area contributed by atoms with Gasteiger partial charge in [0.2, 0.25) is 0 Å². The first-order valence-electron chi connectivity index (χ1n) is 5.17. The first-order chi connectivity index (χ1) is 6.94. The molecule has 0 heterocycles. The number of phenols is 1. The Hall–Kier alpha value is -1.09. The van der Waals surface area contributed by atoms with Gasteiger partial charge in [0.25, 0.3) is 0 Å². The number of hydrogen-bond donors (Lipinski definition) is 2. The SMILES string of the molecule is CCC(C)(C)NCc1ccc(O)c(F)c1. The van der Waals surface area contributed by atoms with Crippen molar-refractivity contribution in [3.05, 3.63) is 29.6 Å². The van der Waals surface area contributed by atoms with Gasteiger partial charge in [-0.15, -0.1) is 0 Å². The highest BCUT2D eigenvalue weighted by Gasteiger charge is 2.13. The number of phenolic OH excluding ortho intramolecular Hbond substituents is 1. The lowest BCUT2D eigenvalue weighted by Crippen LogP contribution is -2.37. The molecule has 2 nitrogen and oxygen atoms in total. The van der Waals surface area contributed by atoms with E-state index in [9.17, 15) is 4.39 Å². The standard InChI is InChI=1S/C12H18FNO/c1-4-12(2,3)14-8-9-5-6-11(15)10(13)7-9/h5-7,14-15H,4,8H2,1-3H3. The molecule has 0 spiro atoms. The number of hydrogen-bond acceptors (Lipinski definition) is 2. The van der Waals surface area contributed by atoms with Crippen molar-refractivity contribution in [3.8, 4) is 5.75 Å². The second kappa shape index (κ2) is 4.62. The van der Waals surface area contributed by atoms with E-state index < -0.39 is 5.82 Å². The summed E-state index contributed by atoms with van der Waals surface area (Å²) in [5.74, 6) is -0.864. The molecule has 1 aromatic rings. The second-order valence-electron chi connectivity index (χ2n) is 4.38. The van der Waals surface area contributed by atoms with E-state index in [-0.39, 0.29) is 11.3 Å². The number of aromatic hydroxyl groups is 1. The molecule has 0 radical (unpaired) electrons. The lowest BCUT2D eigenvalue weighted by Gasteiger charge is -2.24. The Morgan fingerprint density at radius 2 is 2.07 bits per heavy atom. The van der Waals surface area contributed by atoms with Crippen LogP contribution in [-0.4, -0.2) is 10.6 Å². The lowest BCUT2D eigenvalue weighted by atomic mass is 10.0. The van der Waals surface area contributed by atoms with Gasteiger partial charge in [0.05, 0.1) is 0 Å². The van der Waals surface area contributed by atoms with Gasteiger partial charge in [-0.2, -0.15) is 0 Å². The van der Waals surface area contributed by atoms with Gasteiger partial charge >= 0.3 is 0 Å². The fraction of sp³-hybridized carbons (Fsp3) is 0.500. The van der Waals surface area contributed by atoms with Crippen LogP contribution in [0.25, 0.3) is 0 Å². The fourth-order valence-corrected chi connectivity index (χ4v) is 1.13. The molecule has 0 atom stereocenters. The molecule has 1 rings (SSSR count). The average Bonchev–Trinajstić information content (AvgIpc) is 2.20. The van der Waals surface area contributed by atoms with E-state index in [0.29, 0.717) is 6.54 Å². The highest BCUT2D eigenvalue weighted by molar-refractivity contribution is 5.27. The van der Waals surface area contributed by atoms with Gasteiger partial charge in [-0.05, 0) is 38.0 Å². The summed E-state index contributed by atoms with van der Waals surface area (Å²) >= 11 is 0. The molecular formula is C12H18FNO. The molecule has 0 aliphatic rings. The monoisotopic (exact) mass is 211 g/mol. The predicted octanol–water partition coefficient (Wildman–Crippen LogP) is 2.81. The molecule has 0 fully saturated rings. The summed E-state index contributed by atoms with van der Waals surface area (Å²) in [6.07, 6.45) is 1.01. The molecule has 84 valence electrons. The molecule has 2 N–H and O–H groups in total. The van der Waals surface area contributed by atoms with E-state index in [4.69, 9.17) is 5.11 Å². The Bertz CT molecular complexity index is 336. The highest BCUT2D eigenvalue weighted by Crippen LogP contribution is 2.17. The molecule has 0 bridgehead atoms. The maximum atomic E-state index is 13.0. The average molecular weight is 211 g/mol. The Kier molecular flexibility index (Phi) is 3.69. The fourth-order valence-electron chi connectivity index (χ4n) is 1.13. The van der Waals surface area contributed by atoms with Crippen molar-refractivity contribution in [2.24, 2.45) is 0 Å². The number of halogens is 1. The zero-order valence-electron chi connectivity index (χ0n) is 9.47. The Labute approximate surface area is 90.1 Å². The maximum Gasteiger partial charge on any atom is 0.165 e. The molecule has 0 unspecified atom stereocenters. The topological polar surface area (TPSA) is 32.3 Å². The van der Waals surface area contributed by atoms with Crippen LogP contribution in [0.4, 0.5) is 4.39 Å². The molecule has 1 aromatic carbocycles. The Morgan fingerprint density at radius 3 is 2.60 bits per heavy atom. The molecule has 0 aliphatic heterocycles. The van der Waals surface area contributed by atoms with E-state index in [1.165, 1.54) is 12.1 Å². The minimum Gasteiger partial charge on any atom is -0.505 e. The van der Waals surface area contributed by atoms with Crippen LogP contribution in [0, 0.1) is 5.82 Å². The van der Waals surface area contributed by atoms with Gasteiger partial charge in [0, 0.05) is 12.1 Å². The van der Waals surface area contributed by atoms with E-state index >= 15 is 0 Å². The summed E-state index contributed by atoms with van der Waals surface area (Å²) in [5.41, 5.74) is 0.890. The van der Waals surface area contributed by atoms with Gasteiger partial charge in [0.15, 0.2) is 11.6 Å². The first-order valence-corrected chi connectivity index (χ1v) is 5.17. The number of rotatable bonds is 4. The highest BCUT2D eigenvalue weighted by atomic mass is 19.1. The number of benzene rings is 1. The van der Waals surface area contributed by atoms with Crippen LogP contribution in [0.15, 0.2) is 18.2 Å². The van der Waals surface area contributed by atoms with E-state index in [1.807, 2.05) is 0 Å². The van der Waals surface area contributed by atoms with Crippen molar-refractivity contribution >= 4 is 0 Å². The van der Waals surface area contributed by atoms with E-state index in [1.54, 1.807) is 6.07 Å². The van der Waals surface area contributed by atoms with Gasteiger partial charge in [-0.3, -0.25) is 0 Å². The van der Waals surface area contributed by atoms with Gasteiger partial charge < -0.3 is 10.4 Å². The van der Waals surface area contributed by atoms with Crippen LogP contribution in [0.3, 0.4) is 0 Å². The molecule has 0 aromatic heterocycles. The van der Waals surface area contributed by atoms with Gasteiger partial charge in [-0.25, -0.2) is 4.39 Å². The normalized spacial score (nSPS) is 11.7. The molecular weight excluding hydrogens is 193 g/mol. The zero-order valence-corrected chi connectivity index (χ0v) is 9.47. The largest absolute Gasteiger partial charge is 0.505 e. The van der Waals surface area contributed by atoms with Crippen molar-refractivity contribution in [1.82, 2.24) is 5.32 Å². The maximum absolute atomic E-state index is 13.0. The third kappa shape index (κ3) is 3.51. The second-order valence-corrected chi connectivity index (χ2v) is 4.38. The van der Waals surface area contributed by atoms with E-state index in [2.05, 4.69) is 26.1 Å². The summed E-state index contributed by atoms with van der Waals surface area (Å²) in [7, 11) is 0. The summed E-state index contributed by atoms with van der Waals surface area (Å²) in [6, 6.07) is 4.45. The third-order valence-corrected chi connectivity index (χ3v) is 2.67. The minimum atomic E-state index is -0.566. The van der Waals surface area contributed by atoms with Crippen LogP contribution in [0.1, 0.15) is 32.8 Å². The summed E-state index contributed by atoms with van der Waals surface area (Å²) in [4.78, 5) is 0. The smallest absolute Gasteiger partial charge is 0.165 e. The van der Waals surface area contributed by atoms with Crippen LogP contribution >= 0.6 is 0 Å². The molecule has 15 heavy (non-hydrogen) atoms. The van der Waals surface area contributed by atoms with Gasteiger partial charge in [-0.1, -0.05) is 13.0 Å². The first kappa shape index (κ1) is 12.0. The zero-order chi connectivity index (χ0) is 11.5. The van der Waals surface area contributed by atoms with Crippen LogP contribution in [0.5, 0.6) is 5.75 Å². The quantitative estimate of drug-likeness (QED) is 0.802. The van der Waals surface area contributed by atoms with Crippen LogP contribution in [0.2, 0.25) is 0 Å². The molecule has 0 saturated heterocycles. The third-order valence-electron chi connectivity index (χ3n) is 2.67.